The number of nitrogens with zero attached hydrogens (tertiary/aromatic N) is 5. The van der Waals surface area contributed by atoms with Gasteiger partial charge in [0, 0.05) is 27.9 Å². The lowest BCUT2D eigenvalue weighted by molar-refractivity contribution is 0.0882. The Morgan fingerprint density at radius 1 is 1.18 bits per heavy atom. The van der Waals surface area contributed by atoms with Crippen molar-refractivity contribution >= 4 is 35.2 Å². The maximum atomic E-state index is 13.1. The van der Waals surface area contributed by atoms with E-state index in [1.165, 1.54) is 9.13 Å². The highest BCUT2D eigenvalue weighted by Crippen LogP contribution is 2.17. The van der Waals surface area contributed by atoms with Gasteiger partial charge in [-0.3, -0.25) is 23.5 Å². The Kier molecular flexibility index (Phi) is 6.01. The van der Waals surface area contributed by atoms with Crippen molar-refractivity contribution in [2.45, 2.75) is 39.0 Å². The summed E-state index contributed by atoms with van der Waals surface area (Å²) in [5, 5.41) is 0. The minimum atomic E-state index is -1.21. The summed E-state index contributed by atoms with van der Waals surface area (Å²) in [6.07, 6.45) is 1.64. The van der Waals surface area contributed by atoms with Crippen molar-refractivity contribution in [3.8, 4) is 0 Å². The lowest BCUT2D eigenvalue weighted by Gasteiger charge is -2.16. The van der Waals surface area contributed by atoms with E-state index in [9.17, 15) is 9.59 Å². The maximum absolute atomic E-state index is 13.1. The second kappa shape index (κ2) is 8.14. The molecule has 3 rings (SSSR count). The van der Waals surface area contributed by atoms with Gasteiger partial charge in [-0.1, -0.05) is 25.7 Å². The molecule has 0 unspecified atom stereocenters. The quantitative estimate of drug-likeness (QED) is 0.303. The number of pyridine rings is 1. The predicted molar refractivity (Wildman–Crippen MR) is 114 cm³/mol. The average molecular weight is 466 g/mol. The number of ether oxygens (including phenoxy) is 1. The van der Waals surface area contributed by atoms with Crippen LogP contribution in [0.15, 0.2) is 38.7 Å². The number of fused-ring (bicyclic) bond motifs is 1. The van der Waals surface area contributed by atoms with Gasteiger partial charge in [0.15, 0.2) is 15.9 Å². The van der Waals surface area contributed by atoms with Gasteiger partial charge in [-0.25, -0.2) is 9.78 Å². The van der Waals surface area contributed by atoms with Gasteiger partial charge >= 0.3 is 5.69 Å². The molecule has 0 fully saturated rings. The van der Waals surface area contributed by atoms with E-state index in [0.717, 1.165) is 6.04 Å². The van der Waals surface area contributed by atoms with Crippen molar-refractivity contribution in [1.29, 1.82) is 0 Å². The molecule has 0 bridgehead atoms. The zero-order chi connectivity index (χ0) is 20.5. The Morgan fingerprint density at radius 2 is 1.93 bits per heavy atom. The molecule has 0 amide bonds. The van der Waals surface area contributed by atoms with E-state index in [1.54, 1.807) is 29.9 Å². The lowest BCUT2D eigenvalue weighted by Crippen LogP contribution is -2.40. The van der Waals surface area contributed by atoms with Crippen LogP contribution in [0.3, 0.4) is 0 Å². The van der Waals surface area contributed by atoms with Crippen LogP contribution in [0.4, 0.5) is 0 Å². The first-order chi connectivity index (χ1) is 13.2. The number of imidazole rings is 1. The lowest BCUT2D eigenvalue weighted by atomic mass is 10.3. The van der Waals surface area contributed by atoms with Crippen LogP contribution in [0.2, 0.25) is 25.7 Å². The second-order valence-electron chi connectivity index (χ2n) is 7.88. The SMILES string of the molecule is Cn1c(=O)n(Cc2ccccn2)c(=O)c2c1nc(Br)n2COCC[Si](C)(C)C. The van der Waals surface area contributed by atoms with E-state index < -0.39 is 19.3 Å². The molecule has 3 heterocycles. The van der Waals surface area contributed by atoms with Gasteiger partial charge in [0.1, 0.15) is 6.73 Å². The molecule has 10 heteroatoms. The van der Waals surface area contributed by atoms with E-state index in [2.05, 4.69) is 45.5 Å². The molecule has 0 atom stereocenters. The highest BCUT2D eigenvalue weighted by atomic mass is 79.9. The van der Waals surface area contributed by atoms with Gasteiger partial charge in [0.05, 0.1) is 12.2 Å². The largest absolute Gasteiger partial charge is 0.361 e. The third-order valence-corrected chi connectivity index (χ3v) is 6.76. The van der Waals surface area contributed by atoms with Crippen molar-refractivity contribution in [2.24, 2.45) is 7.05 Å². The topological polar surface area (TPSA) is 83.9 Å². The van der Waals surface area contributed by atoms with Gasteiger partial charge < -0.3 is 4.74 Å². The summed E-state index contributed by atoms with van der Waals surface area (Å²) in [5.41, 5.74) is 0.458. The number of hydrogen-bond acceptors (Lipinski definition) is 5. The molecule has 0 aliphatic carbocycles. The van der Waals surface area contributed by atoms with Crippen LogP contribution in [0, 0.1) is 0 Å². The molecule has 0 saturated carbocycles. The number of rotatable bonds is 7. The number of hydrogen-bond donors (Lipinski definition) is 0. The Balaban J connectivity index is 2.00. The first kappa shape index (κ1) is 20.7. The van der Waals surface area contributed by atoms with Crippen molar-refractivity contribution in [2.75, 3.05) is 6.61 Å². The van der Waals surface area contributed by atoms with Crippen LogP contribution in [0.5, 0.6) is 0 Å². The standard InChI is InChI=1S/C18H24BrN5O3Si/c1-22-15-14(24(17(19)21-15)12-27-9-10-28(2,3)4)16(25)23(18(22)26)11-13-7-5-6-8-20-13/h5-8H,9-12H2,1-4H3. The van der Waals surface area contributed by atoms with E-state index in [0.29, 0.717) is 28.2 Å². The highest BCUT2D eigenvalue weighted by Gasteiger charge is 2.20. The van der Waals surface area contributed by atoms with Crippen LogP contribution in [-0.4, -0.2) is 38.4 Å². The molecule has 0 spiro atoms. The third-order valence-electron chi connectivity index (χ3n) is 4.45. The fourth-order valence-corrected chi connectivity index (χ4v) is 3.99. The first-order valence-corrected chi connectivity index (χ1v) is 13.5. The summed E-state index contributed by atoms with van der Waals surface area (Å²) in [6, 6.07) is 6.42. The summed E-state index contributed by atoms with van der Waals surface area (Å²) in [7, 11) is 0.400. The number of aromatic nitrogens is 5. The number of aryl methyl sites for hydroxylation is 1. The molecular formula is C18H24BrN5O3Si. The van der Waals surface area contributed by atoms with Gasteiger partial charge in [-0.2, -0.15) is 0 Å². The molecule has 0 radical (unpaired) electrons. The molecule has 0 N–H and O–H groups in total. The monoisotopic (exact) mass is 465 g/mol. The average Bonchev–Trinajstić information content (AvgIpc) is 2.97. The number of halogens is 1. The van der Waals surface area contributed by atoms with Gasteiger partial charge in [0.2, 0.25) is 0 Å². The zero-order valence-electron chi connectivity index (χ0n) is 16.5. The minimum Gasteiger partial charge on any atom is -0.361 e. The molecule has 3 aromatic rings. The van der Waals surface area contributed by atoms with Crippen molar-refractivity contribution in [3.63, 3.8) is 0 Å². The Hall–Kier alpha value is -2.04. The van der Waals surface area contributed by atoms with E-state index >= 15 is 0 Å². The minimum absolute atomic E-state index is 0.0988. The van der Waals surface area contributed by atoms with E-state index in [1.807, 2.05) is 6.07 Å². The van der Waals surface area contributed by atoms with Crippen molar-refractivity contribution < 1.29 is 4.74 Å². The molecule has 3 aromatic heterocycles. The summed E-state index contributed by atoms with van der Waals surface area (Å²) in [6.45, 7) is 7.76. The maximum Gasteiger partial charge on any atom is 0.332 e. The third kappa shape index (κ3) is 4.34. The smallest absolute Gasteiger partial charge is 0.332 e. The summed E-state index contributed by atoms with van der Waals surface area (Å²) in [4.78, 5) is 34.4. The van der Waals surface area contributed by atoms with E-state index in [-0.39, 0.29) is 13.3 Å². The summed E-state index contributed by atoms with van der Waals surface area (Å²) < 4.78 is 10.5. The molecule has 28 heavy (non-hydrogen) atoms. The fourth-order valence-electron chi connectivity index (χ4n) is 2.79. The van der Waals surface area contributed by atoms with Crippen molar-refractivity contribution in [3.05, 3.63) is 55.7 Å². The normalized spacial score (nSPS) is 12.0. The Labute approximate surface area is 171 Å². The molecule has 0 aliphatic rings. The van der Waals surface area contributed by atoms with Crippen LogP contribution in [0.25, 0.3) is 11.2 Å². The zero-order valence-corrected chi connectivity index (χ0v) is 19.1. The fraction of sp³-hybridized carbons (Fsp3) is 0.444. The van der Waals surface area contributed by atoms with E-state index in [4.69, 9.17) is 4.74 Å². The molecule has 0 aromatic carbocycles. The predicted octanol–water partition coefficient (Wildman–Crippen LogP) is 2.41. The second-order valence-corrected chi connectivity index (χ2v) is 14.2. The van der Waals surface area contributed by atoms with Crippen LogP contribution >= 0.6 is 15.9 Å². The molecular weight excluding hydrogens is 442 g/mol. The van der Waals surface area contributed by atoms with Gasteiger partial charge in [-0.05, 0) is 34.1 Å². The molecule has 8 nitrogen and oxygen atoms in total. The first-order valence-electron chi connectivity index (χ1n) is 9.02. The molecule has 150 valence electrons. The van der Waals surface area contributed by atoms with Crippen LogP contribution < -0.4 is 11.2 Å². The Bertz CT molecular complexity index is 1100. The molecule has 0 saturated heterocycles. The van der Waals surface area contributed by atoms with Gasteiger partial charge in [-0.15, -0.1) is 0 Å². The van der Waals surface area contributed by atoms with Crippen LogP contribution in [-0.2, 0) is 25.1 Å². The molecule has 0 aliphatic heterocycles. The van der Waals surface area contributed by atoms with Crippen LogP contribution in [0.1, 0.15) is 5.69 Å². The van der Waals surface area contributed by atoms with Crippen molar-refractivity contribution in [1.82, 2.24) is 23.7 Å². The summed E-state index contributed by atoms with van der Waals surface area (Å²) in [5.74, 6) is 0. The Morgan fingerprint density at radius 3 is 2.57 bits per heavy atom. The van der Waals surface area contributed by atoms with Gasteiger partial charge in [0.25, 0.3) is 5.56 Å². The highest BCUT2D eigenvalue weighted by molar-refractivity contribution is 9.10. The summed E-state index contributed by atoms with van der Waals surface area (Å²) >= 11 is 3.39.